The van der Waals surface area contributed by atoms with Gasteiger partial charge in [0.25, 0.3) is 0 Å². The number of aliphatic carboxylic acids is 1. The second-order valence-corrected chi connectivity index (χ2v) is 5.53. The quantitative estimate of drug-likeness (QED) is 0.284. The molecule has 0 bridgehead atoms. The highest BCUT2D eigenvalue weighted by molar-refractivity contribution is 5.66. The number of unbranched alkanes of at least 4 members (excludes halogenated alkanes) is 2. The number of carboxylic acid groups (broad SMARTS) is 1. The summed E-state index contributed by atoms with van der Waals surface area (Å²) < 4.78 is 31.9. The van der Waals surface area contributed by atoms with E-state index in [0.29, 0.717) is 66.1 Å². The number of ether oxygens (including phenoxy) is 6. The molecule has 0 saturated carbocycles. The third-order valence-electron chi connectivity index (χ3n) is 3.21. The van der Waals surface area contributed by atoms with E-state index in [-0.39, 0.29) is 13.0 Å². The Morgan fingerprint density at radius 3 is 1.27 bits per heavy atom. The van der Waals surface area contributed by atoms with Crippen molar-refractivity contribution >= 4 is 5.97 Å². The Morgan fingerprint density at radius 2 is 0.923 bits per heavy atom. The second-order valence-electron chi connectivity index (χ2n) is 5.53. The summed E-state index contributed by atoms with van der Waals surface area (Å²) in [5.41, 5.74) is 0. The van der Waals surface area contributed by atoms with Gasteiger partial charge in [-0.15, -0.1) is 0 Å². The fourth-order valence-electron chi connectivity index (χ4n) is 1.82. The number of hydrogen-bond donors (Lipinski definition) is 1. The van der Waals surface area contributed by atoms with Crippen LogP contribution in [0, 0.1) is 0 Å². The number of carboxylic acids is 1. The smallest absolute Gasteiger partial charge is 0.305 e. The Kier molecular flexibility index (Phi) is 21.6. The van der Waals surface area contributed by atoms with Gasteiger partial charge in [0.15, 0.2) is 0 Å². The van der Waals surface area contributed by atoms with Gasteiger partial charge >= 0.3 is 5.97 Å². The van der Waals surface area contributed by atoms with Gasteiger partial charge in [-0.05, 0) is 6.42 Å². The summed E-state index contributed by atoms with van der Waals surface area (Å²) >= 11 is 0. The lowest BCUT2D eigenvalue weighted by Crippen LogP contribution is -2.14. The molecule has 0 saturated heterocycles. The van der Waals surface area contributed by atoms with Crippen molar-refractivity contribution in [2.75, 3.05) is 79.3 Å². The Balaban J connectivity index is 2.98. The van der Waals surface area contributed by atoms with Crippen LogP contribution in [-0.4, -0.2) is 90.4 Å². The summed E-state index contributed by atoms with van der Waals surface area (Å²) in [5.74, 6) is -0.861. The first-order chi connectivity index (χ1) is 12.8. The van der Waals surface area contributed by atoms with Gasteiger partial charge in [0.05, 0.1) is 79.1 Å². The minimum absolute atomic E-state index is 0.0149. The summed E-state index contributed by atoms with van der Waals surface area (Å²) in [6.07, 6.45) is 3.55. The van der Waals surface area contributed by atoms with E-state index in [9.17, 15) is 4.79 Å². The number of hydrogen-bond acceptors (Lipinski definition) is 7. The highest BCUT2D eigenvalue weighted by Crippen LogP contribution is 1.93. The topological polar surface area (TPSA) is 92.7 Å². The van der Waals surface area contributed by atoms with Crippen LogP contribution in [0.25, 0.3) is 0 Å². The molecule has 0 rings (SSSR count). The minimum atomic E-state index is -0.861. The van der Waals surface area contributed by atoms with E-state index in [0.717, 1.165) is 13.0 Å². The Morgan fingerprint density at radius 1 is 0.577 bits per heavy atom. The lowest BCUT2D eigenvalue weighted by Gasteiger charge is -2.08. The Labute approximate surface area is 157 Å². The molecule has 0 amide bonds. The van der Waals surface area contributed by atoms with Crippen molar-refractivity contribution in [2.24, 2.45) is 0 Å². The summed E-state index contributed by atoms with van der Waals surface area (Å²) in [6.45, 7) is 8.36. The molecule has 0 aromatic carbocycles. The van der Waals surface area contributed by atoms with E-state index < -0.39 is 5.97 Å². The van der Waals surface area contributed by atoms with E-state index >= 15 is 0 Å². The van der Waals surface area contributed by atoms with E-state index in [2.05, 4.69) is 6.92 Å². The van der Waals surface area contributed by atoms with Crippen molar-refractivity contribution < 1.29 is 38.3 Å². The van der Waals surface area contributed by atoms with E-state index in [1.807, 2.05) is 0 Å². The average Bonchev–Trinajstić information content (AvgIpc) is 2.62. The monoisotopic (exact) mass is 380 g/mol. The minimum Gasteiger partial charge on any atom is -0.481 e. The molecule has 0 aliphatic carbocycles. The van der Waals surface area contributed by atoms with Gasteiger partial charge in [0.2, 0.25) is 0 Å². The summed E-state index contributed by atoms with van der Waals surface area (Å²) in [6, 6.07) is 0. The zero-order valence-corrected chi connectivity index (χ0v) is 16.1. The summed E-state index contributed by atoms with van der Waals surface area (Å²) in [7, 11) is 0. The molecule has 0 aliphatic rings. The molecule has 0 spiro atoms. The third-order valence-corrected chi connectivity index (χ3v) is 3.21. The molecule has 0 heterocycles. The molecule has 1 N–H and O–H groups in total. The van der Waals surface area contributed by atoms with Crippen molar-refractivity contribution in [2.45, 2.75) is 32.6 Å². The van der Waals surface area contributed by atoms with Crippen LogP contribution in [0.5, 0.6) is 0 Å². The first kappa shape index (κ1) is 25.2. The van der Waals surface area contributed by atoms with Crippen molar-refractivity contribution in [3.63, 3.8) is 0 Å². The number of rotatable bonds is 22. The van der Waals surface area contributed by atoms with Crippen LogP contribution >= 0.6 is 0 Å². The van der Waals surface area contributed by atoms with Gasteiger partial charge in [-0.1, -0.05) is 19.8 Å². The van der Waals surface area contributed by atoms with Gasteiger partial charge in [-0.3, -0.25) is 4.79 Å². The van der Waals surface area contributed by atoms with Gasteiger partial charge in [0, 0.05) is 6.61 Å². The molecule has 26 heavy (non-hydrogen) atoms. The van der Waals surface area contributed by atoms with Crippen molar-refractivity contribution in [3.05, 3.63) is 0 Å². The molecule has 0 radical (unpaired) electrons. The van der Waals surface area contributed by atoms with Crippen molar-refractivity contribution in [1.29, 1.82) is 0 Å². The Hall–Kier alpha value is -0.770. The third kappa shape index (κ3) is 23.2. The molecule has 8 heteroatoms. The molecule has 0 atom stereocenters. The lowest BCUT2D eigenvalue weighted by atomic mass is 10.3. The van der Waals surface area contributed by atoms with Crippen molar-refractivity contribution in [1.82, 2.24) is 0 Å². The molecular formula is C18H36O8. The average molecular weight is 380 g/mol. The fourth-order valence-corrected chi connectivity index (χ4v) is 1.82. The Bertz CT molecular complexity index is 288. The molecule has 0 fully saturated rings. The highest BCUT2D eigenvalue weighted by atomic mass is 16.6. The SMILES string of the molecule is CCCCCOCCOCCOCCOCCOCCOCCC(=O)O. The molecule has 8 nitrogen and oxygen atoms in total. The maximum atomic E-state index is 10.3. The zero-order valence-electron chi connectivity index (χ0n) is 16.1. The van der Waals surface area contributed by atoms with Crippen LogP contribution in [0.1, 0.15) is 32.6 Å². The van der Waals surface area contributed by atoms with Crippen LogP contribution in [0.2, 0.25) is 0 Å². The molecule has 156 valence electrons. The molecule has 0 unspecified atom stereocenters. The first-order valence-corrected chi connectivity index (χ1v) is 9.45. The van der Waals surface area contributed by atoms with Crippen molar-refractivity contribution in [3.8, 4) is 0 Å². The van der Waals surface area contributed by atoms with Crippen LogP contribution in [0.4, 0.5) is 0 Å². The summed E-state index contributed by atoms with van der Waals surface area (Å²) in [4.78, 5) is 10.3. The molecule has 0 aliphatic heterocycles. The lowest BCUT2D eigenvalue weighted by molar-refractivity contribution is -0.138. The number of carbonyl (C=O) groups is 1. The molecule has 0 aromatic rings. The predicted molar refractivity (Wildman–Crippen MR) is 96.7 cm³/mol. The molecular weight excluding hydrogens is 344 g/mol. The largest absolute Gasteiger partial charge is 0.481 e. The first-order valence-electron chi connectivity index (χ1n) is 9.45. The maximum absolute atomic E-state index is 10.3. The van der Waals surface area contributed by atoms with Gasteiger partial charge in [-0.2, -0.15) is 0 Å². The second kappa shape index (κ2) is 22.3. The van der Waals surface area contributed by atoms with Crippen LogP contribution in [-0.2, 0) is 33.2 Å². The van der Waals surface area contributed by atoms with Gasteiger partial charge in [0.1, 0.15) is 0 Å². The fraction of sp³-hybridized carbons (Fsp3) is 0.944. The standard InChI is InChI=1S/C18H36O8/c1-2-3-4-6-21-8-10-23-12-14-25-16-17-26-15-13-24-11-9-22-7-5-18(19)20/h2-17H2,1H3,(H,19,20). The predicted octanol–water partition coefficient (Wildman–Crippen LogP) is 1.75. The maximum Gasteiger partial charge on any atom is 0.305 e. The van der Waals surface area contributed by atoms with E-state index in [1.54, 1.807) is 0 Å². The normalized spacial score (nSPS) is 11.1. The van der Waals surface area contributed by atoms with Gasteiger partial charge < -0.3 is 33.5 Å². The van der Waals surface area contributed by atoms with E-state index in [4.69, 9.17) is 33.5 Å². The zero-order chi connectivity index (χ0) is 19.1. The highest BCUT2D eigenvalue weighted by Gasteiger charge is 1.96. The summed E-state index contributed by atoms with van der Waals surface area (Å²) in [5, 5.41) is 8.42. The van der Waals surface area contributed by atoms with E-state index in [1.165, 1.54) is 12.8 Å². The van der Waals surface area contributed by atoms with Crippen LogP contribution in [0.15, 0.2) is 0 Å². The van der Waals surface area contributed by atoms with Crippen LogP contribution in [0.3, 0.4) is 0 Å². The molecule has 0 aromatic heterocycles. The van der Waals surface area contributed by atoms with Gasteiger partial charge in [-0.25, -0.2) is 0 Å². The van der Waals surface area contributed by atoms with Crippen LogP contribution < -0.4 is 0 Å².